The average molecular weight is 412 g/mol. The van der Waals surface area contributed by atoms with Crippen LogP contribution < -0.4 is 16.4 Å². The number of hydrogen-bond donors (Lipinski definition) is 2. The Hall–Kier alpha value is -2.91. The van der Waals surface area contributed by atoms with Gasteiger partial charge >= 0.3 is 0 Å². The van der Waals surface area contributed by atoms with Crippen molar-refractivity contribution in [2.45, 2.75) is 25.1 Å². The predicted octanol–water partition coefficient (Wildman–Crippen LogP) is 2.48. The Labute approximate surface area is 171 Å². The monoisotopic (exact) mass is 412 g/mol. The molecule has 150 valence electrons. The van der Waals surface area contributed by atoms with Crippen LogP contribution in [0.2, 0.25) is 0 Å². The van der Waals surface area contributed by atoms with Gasteiger partial charge in [0.25, 0.3) is 0 Å². The van der Waals surface area contributed by atoms with E-state index in [9.17, 15) is 9.18 Å². The molecular formula is C20H21FN6OS. The van der Waals surface area contributed by atoms with Gasteiger partial charge < -0.3 is 16.4 Å². The lowest BCUT2D eigenvalue weighted by atomic mass is 10.0. The van der Waals surface area contributed by atoms with E-state index in [1.165, 1.54) is 11.3 Å². The van der Waals surface area contributed by atoms with Gasteiger partial charge in [-0.2, -0.15) is 0 Å². The van der Waals surface area contributed by atoms with Crippen molar-refractivity contribution in [1.82, 2.24) is 15.0 Å². The lowest BCUT2D eigenvalue weighted by Gasteiger charge is -2.35. The number of pyridine rings is 2. The number of thiazole rings is 1. The van der Waals surface area contributed by atoms with Gasteiger partial charge in [-0.3, -0.25) is 9.78 Å². The number of hydrogen-bond acceptors (Lipinski definition) is 8. The van der Waals surface area contributed by atoms with E-state index in [0.29, 0.717) is 30.9 Å². The van der Waals surface area contributed by atoms with Gasteiger partial charge in [0.2, 0.25) is 0 Å². The minimum absolute atomic E-state index is 0.0898. The number of aromatic nitrogens is 3. The number of Topliss-reactive ketones (excluding diaryl/α,β-unsaturated/α-hetero) is 1. The molecule has 0 radical (unpaired) electrons. The summed E-state index contributed by atoms with van der Waals surface area (Å²) in [5, 5.41) is 2.58. The molecule has 0 aromatic carbocycles. The zero-order valence-electron chi connectivity index (χ0n) is 15.7. The van der Waals surface area contributed by atoms with Crippen molar-refractivity contribution in [2.24, 2.45) is 5.73 Å². The van der Waals surface area contributed by atoms with Crippen molar-refractivity contribution in [3.05, 3.63) is 53.4 Å². The first-order chi connectivity index (χ1) is 14.0. The fourth-order valence-corrected chi connectivity index (χ4v) is 4.06. The zero-order chi connectivity index (χ0) is 20.4. The van der Waals surface area contributed by atoms with Crippen LogP contribution in [-0.4, -0.2) is 46.0 Å². The lowest BCUT2D eigenvalue weighted by Crippen LogP contribution is -2.50. The first-order valence-corrected chi connectivity index (χ1v) is 10.2. The fourth-order valence-electron chi connectivity index (χ4n) is 3.46. The van der Waals surface area contributed by atoms with Crippen LogP contribution in [0, 0.1) is 0 Å². The SMILES string of the molecule is Nc1ccc(-c2nccs2)nc1C(=O)Cc1cnccc1N1CC[C@@H](F)[C@H](N)C1. The maximum atomic E-state index is 13.8. The summed E-state index contributed by atoms with van der Waals surface area (Å²) >= 11 is 1.44. The third kappa shape index (κ3) is 4.10. The molecule has 0 bridgehead atoms. The predicted molar refractivity (Wildman–Crippen MR) is 112 cm³/mol. The second kappa shape index (κ2) is 8.22. The lowest BCUT2D eigenvalue weighted by molar-refractivity contribution is 0.0989. The van der Waals surface area contributed by atoms with Gasteiger partial charge in [-0.1, -0.05) is 0 Å². The summed E-state index contributed by atoms with van der Waals surface area (Å²) in [6, 6.07) is 4.71. The van der Waals surface area contributed by atoms with Gasteiger partial charge in [0, 0.05) is 54.7 Å². The smallest absolute Gasteiger partial charge is 0.187 e. The molecule has 7 nitrogen and oxygen atoms in total. The number of carbonyl (C=O) groups is 1. The summed E-state index contributed by atoms with van der Waals surface area (Å²) < 4.78 is 13.8. The maximum absolute atomic E-state index is 13.8. The Bertz CT molecular complexity index is 1010. The van der Waals surface area contributed by atoms with Crippen LogP contribution in [0.25, 0.3) is 10.7 Å². The van der Waals surface area contributed by atoms with Crippen molar-refractivity contribution in [3.63, 3.8) is 0 Å². The quantitative estimate of drug-likeness (QED) is 0.619. The molecule has 0 unspecified atom stereocenters. The van der Waals surface area contributed by atoms with E-state index in [4.69, 9.17) is 11.5 Å². The van der Waals surface area contributed by atoms with Crippen LogP contribution in [0.1, 0.15) is 22.5 Å². The molecule has 0 saturated carbocycles. The Kier molecular flexibility index (Phi) is 5.50. The minimum atomic E-state index is -1.00. The van der Waals surface area contributed by atoms with Crippen LogP contribution >= 0.6 is 11.3 Å². The molecule has 29 heavy (non-hydrogen) atoms. The molecule has 0 aliphatic carbocycles. The molecule has 1 fully saturated rings. The molecule has 1 aliphatic rings. The first kappa shape index (κ1) is 19.4. The zero-order valence-corrected chi connectivity index (χ0v) is 16.5. The molecule has 3 aromatic heterocycles. The van der Waals surface area contributed by atoms with E-state index in [-0.39, 0.29) is 17.9 Å². The van der Waals surface area contributed by atoms with Gasteiger partial charge in [0.15, 0.2) is 5.78 Å². The summed E-state index contributed by atoms with van der Waals surface area (Å²) in [6.07, 6.45) is 4.45. The molecule has 3 aromatic rings. The van der Waals surface area contributed by atoms with Crippen molar-refractivity contribution in [2.75, 3.05) is 23.7 Å². The van der Waals surface area contributed by atoms with Crippen molar-refractivity contribution >= 4 is 28.5 Å². The number of piperidine rings is 1. The molecule has 0 spiro atoms. The number of nitrogens with two attached hydrogens (primary N) is 2. The van der Waals surface area contributed by atoms with Gasteiger partial charge in [-0.05, 0) is 24.6 Å². The largest absolute Gasteiger partial charge is 0.397 e. The molecule has 2 atom stereocenters. The number of carbonyl (C=O) groups excluding carboxylic acids is 1. The topological polar surface area (TPSA) is 111 Å². The van der Waals surface area contributed by atoms with Crippen LogP contribution in [-0.2, 0) is 6.42 Å². The first-order valence-electron chi connectivity index (χ1n) is 9.30. The number of anilines is 2. The van der Waals surface area contributed by atoms with Gasteiger partial charge in [0.05, 0.1) is 17.4 Å². The summed E-state index contributed by atoms with van der Waals surface area (Å²) in [7, 11) is 0. The summed E-state index contributed by atoms with van der Waals surface area (Å²) in [5.41, 5.74) is 14.7. The third-order valence-corrected chi connectivity index (χ3v) is 5.78. The van der Waals surface area contributed by atoms with Crippen molar-refractivity contribution in [3.8, 4) is 10.7 Å². The number of rotatable bonds is 5. The van der Waals surface area contributed by atoms with Crippen LogP contribution in [0.15, 0.2) is 42.2 Å². The van der Waals surface area contributed by atoms with Crippen LogP contribution in [0.5, 0.6) is 0 Å². The molecule has 4 rings (SSSR count). The van der Waals surface area contributed by atoms with E-state index in [1.54, 1.807) is 30.7 Å². The molecular weight excluding hydrogens is 391 g/mol. The summed E-state index contributed by atoms with van der Waals surface area (Å²) in [6.45, 7) is 0.937. The molecule has 1 saturated heterocycles. The number of halogens is 1. The van der Waals surface area contributed by atoms with E-state index in [1.807, 2.05) is 16.3 Å². The highest BCUT2D eigenvalue weighted by Gasteiger charge is 2.28. The Morgan fingerprint density at radius 3 is 2.93 bits per heavy atom. The Balaban J connectivity index is 1.59. The molecule has 4 N–H and O–H groups in total. The highest BCUT2D eigenvalue weighted by atomic mass is 32.1. The van der Waals surface area contributed by atoms with E-state index < -0.39 is 12.2 Å². The minimum Gasteiger partial charge on any atom is -0.397 e. The van der Waals surface area contributed by atoms with Gasteiger partial charge in [0.1, 0.15) is 16.9 Å². The van der Waals surface area contributed by atoms with Crippen molar-refractivity contribution < 1.29 is 9.18 Å². The fraction of sp³-hybridized carbons (Fsp3) is 0.300. The standard InChI is InChI=1S/C20H21FN6OS/c21-13-4-7-27(11-15(13)23)17-3-5-24-10-12(17)9-18(28)19-14(22)1-2-16(26-19)20-25-6-8-29-20/h1-3,5-6,8,10,13,15H,4,7,9,11,22-23H2/t13-,15-/m1/s1. The van der Waals surface area contributed by atoms with Gasteiger partial charge in [-0.25, -0.2) is 14.4 Å². The van der Waals surface area contributed by atoms with E-state index >= 15 is 0 Å². The number of nitrogens with zero attached hydrogens (tertiary/aromatic N) is 4. The van der Waals surface area contributed by atoms with E-state index in [2.05, 4.69) is 15.0 Å². The molecule has 1 aliphatic heterocycles. The van der Waals surface area contributed by atoms with Crippen LogP contribution in [0.3, 0.4) is 0 Å². The van der Waals surface area contributed by atoms with Gasteiger partial charge in [-0.15, -0.1) is 11.3 Å². The Morgan fingerprint density at radius 2 is 2.17 bits per heavy atom. The molecule has 9 heteroatoms. The molecule has 4 heterocycles. The van der Waals surface area contributed by atoms with E-state index in [0.717, 1.165) is 16.3 Å². The summed E-state index contributed by atoms with van der Waals surface area (Å²) in [5.74, 6) is -0.208. The second-order valence-corrected chi connectivity index (χ2v) is 7.89. The average Bonchev–Trinajstić information content (AvgIpc) is 3.26. The summed E-state index contributed by atoms with van der Waals surface area (Å²) in [4.78, 5) is 27.9. The number of alkyl halides is 1. The normalized spacial score (nSPS) is 19.3. The molecule has 0 amide bonds. The maximum Gasteiger partial charge on any atom is 0.187 e. The Morgan fingerprint density at radius 1 is 1.31 bits per heavy atom. The third-order valence-electron chi connectivity index (χ3n) is 4.98. The second-order valence-electron chi connectivity index (χ2n) is 6.99. The van der Waals surface area contributed by atoms with Crippen molar-refractivity contribution in [1.29, 1.82) is 0 Å². The number of ketones is 1. The van der Waals surface area contributed by atoms with Crippen LogP contribution in [0.4, 0.5) is 15.8 Å². The highest BCUT2D eigenvalue weighted by molar-refractivity contribution is 7.13. The highest BCUT2D eigenvalue weighted by Crippen LogP contribution is 2.27. The number of nitrogen functional groups attached to an aromatic ring is 1.